The highest BCUT2D eigenvalue weighted by Gasteiger charge is 2.18. The quantitative estimate of drug-likeness (QED) is 0.889. The van der Waals surface area contributed by atoms with Gasteiger partial charge in [0.1, 0.15) is 23.9 Å². The lowest BCUT2D eigenvalue weighted by Crippen LogP contribution is -2.45. The monoisotopic (exact) mass is 318 g/mol. The molecule has 1 aliphatic heterocycles. The van der Waals surface area contributed by atoms with Crippen LogP contribution < -0.4 is 15.4 Å². The van der Waals surface area contributed by atoms with E-state index in [1.165, 1.54) is 12.1 Å². The number of amides is 1. The molecule has 1 amide bonds. The number of nitrogens with one attached hydrogen (secondary N) is 2. The molecule has 1 aromatic carbocycles. The minimum absolute atomic E-state index is 0.139. The summed E-state index contributed by atoms with van der Waals surface area (Å²) in [6, 6.07) is 9.22. The average molecular weight is 318 g/mol. The van der Waals surface area contributed by atoms with Crippen molar-refractivity contribution in [2.45, 2.75) is 25.5 Å². The molecule has 0 spiro atoms. The summed E-state index contributed by atoms with van der Waals surface area (Å²) in [5.41, 5.74) is 0. The molecular formula is C17H19FN2O3. The molecule has 1 atom stereocenters. The van der Waals surface area contributed by atoms with E-state index in [2.05, 4.69) is 10.6 Å². The van der Waals surface area contributed by atoms with E-state index in [-0.39, 0.29) is 30.1 Å². The number of benzene rings is 1. The Morgan fingerprint density at radius 1 is 1.30 bits per heavy atom. The summed E-state index contributed by atoms with van der Waals surface area (Å²) in [4.78, 5) is 12.1. The summed E-state index contributed by atoms with van der Waals surface area (Å²) in [6.07, 6.45) is 2.03. The fraction of sp³-hybridized carbons (Fsp3) is 0.353. The lowest BCUT2D eigenvalue weighted by Gasteiger charge is -2.23. The first-order valence-electron chi connectivity index (χ1n) is 7.69. The molecule has 1 aliphatic rings. The van der Waals surface area contributed by atoms with Crippen LogP contribution in [0.2, 0.25) is 0 Å². The van der Waals surface area contributed by atoms with Gasteiger partial charge in [-0.1, -0.05) is 0 Å². The number of furan rings is 1. The average Bonchev–Trinajstić information content (AvgIpc) is 3.04. The molecule has 6 heteroatoms. The molecule has 0 unspecified atom stereocenters. The zero-order valence-corrected chi connectivity index (χ0v) is 12.7. The van der Waals surface area contributed by atoms with Crippen LogP contribution in [0.3, 0.4) is 0 Å². The molecule has 122 valence electrons. The van der Waals surface area contributed by atoms with Crippen LogP contribution in [-0.2, 0) is 6.61 Å². The highest BCUT2D eigenvalue weighted by Crippen LogP contribution is 2.15. The third kappa shape index (κ3) is 4.32. The van der Waals surface area contributed by atoms with E-state index in [4.69, 9.17) is 9.15 Å². The summed E-state index contributed by atoms with van der Waals surface area (Å²) in [6.45, 7) is 1.97. The summed E-state index contributed by atoms with van der Waals surface area (Å²) < 4.78 is 23.8. The molecule has 0 aliphatic carbocycles. The van der Waals surface area contributed by atoms with E-state index >= 15 is 0 Å². The second kappa shape index (κ2) is 7.28. The number of ether oxygens (including phenoxy) is 1. The molecule has 2 aromatic rings. The zero-order chi connectivity index (χ0) is 16.1. The highest BCUT2D eigenvalue weighted by atomic mass is 19.1. The van der Waals surface area contributed by atoms with Gasteiger partial charge in [0.25, 0.3) is 5.91 Å². The Morgan fingerprint density at radius 2 is 2.13 bits per heavy atom. The van der Waals surface area contributed by atoms with Gasteiger partial charge in [-0.3, -0.25) is 4.79 Å². The van der Waals surface area contributed by atoms with Crippen LogP contribution in [0, 0.1) is 5.82 Å². The van der Waals surface area contributed by atoms with Crippen LogP contribution in [-0.4, -0.2) is 25.0 Å². The zero-order valence-electron chi connectivity index (χ0n) is 12.7. The molecule has 1 aromatic heterocycles. The number of hydrogen-bond donors (Lipinski definition) is 2. The molecule has 23 heavy (non-hydrogen) atoms. The van der Waals surface area contributed by atoms with Crippen molar-refractivity contribution in [1.82, 2.24) is 10.6 Å². The lowest BCUT2D eigenvalue weighted by molar-refractivity contribution is 0.0898. The van der Waals surface area contributed by atoms with Crippen LogP contribution in [0.15, 0.2) is 40.8 Å². The molecule has 1 fully saturated rings. The van der Waals surface area contributed by atoms with Crippen molar-refractivity contribution < 1.29 is 18.3 Å². The molecule has 0 radical (unpaired) electrons. The second-order valence-corrected chi connectivity index (χ2v) is 5.53. The fourth-order valence-corrected chi connectivity index (χ4v) is 2.49. The van der Waals surface area contributed by atoms with Crippen molar-refractivity contribution in [3.63, 3.8) is 0 Å². The first kappa shape index (κ1) is 15.6. The van der Waals surface area contributed by atoms with Gasteiger partial charge in [-0.25, -0.2) is 4.39 Å². The van der Waals surface area contributed by atoms with E-state index in [1.807, 2.05) is 0 Å². The van der Waals surface area contributed by atoms with E-state index in [0.29, 0.717) is 11.5 Å². The maximum Gasteiger partial charge on any atom is 0.287 e. The predicted octanol–water partition coefficient (Wildman–Crippen LogP) is 2.48. The van der Waals surface area contributed by atoms with Crippen molar-refractivity contribution in [3.8, 4) is 5.75 Å². The molecule has 1 saturated heterocycles. The smallest absolute Gasteiger partial charge is 0.287 e. The summed E-state index contributed by atoms with van der Waals surface area (Å²) in [5, 5.41) is 6.20. The number of carbonyl (C=O) groups excluding carboxylic acids is 1. The minimum Gasteiger partial charge on any atom is -0.486 e. The third-order valence-corrected chi connectivity index (χ3v) is 3.71. The van der Waals surface area contributed by atoms with Crippen molar-refractivity contribution in [1.29, 1.82) is 0 Å². The van der Waals surface area contributed by atoms with E-state index < -0.39 is 0 Å². The van der Waals surface area contributed by atoms with Gasteiger partial charge in [-0.15, -0.1) is 0 Å². The number of rotatable bonds is 5. The molecule has 3 rings (SSSR count). The Bertz CT molecular complexity index is 648. The maximum atomic E-state index is 12.8. The molecule has 2 N–H and O–H groups in total. The first-order valence-corrected chi connectivity index (χ1v) is 7.69. The largest absolute Gasteiger partial charge is 0.486 e. The Hall–Kier alpha value is -2.34. The number of halogens is 1. The number of carbonyl (C=O) groups is 1. The van der Waals surface area contributed by atoms with Crippen molar-refractivity contribution >= 4 is 5.91 Å². The van der Waals surface area contributed by atoms with Gasteiger partial charge >= 0.3 is 0 Å². The third-order valence-electron chi connectivity index (χ3n) is 3.71. The molecule has 2 heterocycles. The van der Waals surface area contributed by atoms with Crippen LogP contribution in [0.1, 0.15) is 29.2 Å². The van der Waals surface area contributed by atoms with Crippen LogP contribution in [0.25, 0.3) is 0 Å². The van der Waals surface area contributed by atoms with Gasteiger partial charge in [0.2, 0.25) is 0 Å². The Morgan fingerprint density at radius 3 is 2.87 bits per heavy atom. The molecule has 0 saturated carbocycles. The second-order valence-electron chi connectivity index (χ2n) is 5.53. The molecular weight excluding hydrogens is 299 g/mol. The van der Waals surface area contributed by atoms with Gasteiger partial charge in [0.05, 0.1) is 0 Å². The van der Waals surface area contributed by atoms with Gasteiger partial charge < -0.3 is 19.8 Å². The van der Waals surface area contributed by atoms with Gasteiger partial charge in [-0.05, 0) is 55.8 Å². The van der Waals surface area contributed by atoms with E-state index in [9.17, 15) is 9.18 Å². The van der Waals surface area contributed by atoms with Gasteiger partial charge in [-0.2, -0.15) is 0 Å². The van der Waals surface area contributed by atoms with Crippen LogP contribution >= 0.6 is 0 Å². The Labute approximate surface area is 133 Å². The summed E-state index contributed by atoms with van der Waals surface area (Å²) in [7, 11) is 0. The van der Waals surface area contributed by atoms with Crippen LogP contribution in [0.5, 0.6) is 5.75 Å². The lowest BCUT2D eigenvalue weighted by atomic mass is 10.1. The normalized spacial score (nSPS) is 17.7. The van der Waals surface area contributed by atoms with E-state index in [1.54, 1.807) is 24.3 Å². The summed E-state index contributed by atoms with van der Waals surface area (Å²) in [5.74, 6) is 0.829. The topological polar surface area (TPSA) is 63.5 Å². The maximum absolute atomic E-state index is 12.8. The number of piperidine rings is 1. The molecule has 0 bridgehead atoms. The fourth-order valence-electron chi connectivity index (χ4n) is 2.49. The van der Waals surface area contributed by atoms with Crippen molar-refractivity contribution in [2.75, 3.05) is 13.1 Å². The van der Waals surface area contributed by atoms with Gasteiger partial charge in [0, 0.05) is 12.6 Å². The van der Waals surface area contributed by atoms with Gasteiger partial charge in [0.15, 0.2) is 5.76 Å². The molecule has 5 nitrogen and oxygen atoms in total. The van der Waals surface area contributed by atoms with Crippen molar-refractivity contribution in [3.05, 3.63) is 53.7 Å². The van der Waals surface area contributed by atoms with E-state index in [0.717, 1.165) is 25.9 Å². The van der Waals surface area contributed by atoms with Crippen molar-refractivity contribution in [2.24, 2.45) is 0 Å². The Balaban J connectivity index is 1.52. The standard InChI is InChI=1S/C17H19FN2O3/c18-12-3-5-14(6-4-12)22-11-15-7-8-16(23-15)17(21)20-13-2-1-9-19-10-13/h3-8,13,19H,1-2,9-11H2,(H,20,21)/t13-/m0/s1. The minimum atomic E-state index is -0.313. The predicted molar refractivity (Wildman–Crippen MR) is 82.8 cm³/mol. The SMILES string of the molecule is O=C(N[C@H]1CCCNC1)c1ccc(COc2ccc(F)cc2)o1. The first-order chi connectivity index (χ1) is 11.2. The highest BCUT2D eigenvalue weighted by molar-refractivity contribution is 5.91. The summed E-state index contributed by atoms with van der Waals surface area (Å²) >= 11 is 0. The Kier molecular flexibility index (Phi) is 4.92. The van der Waals surface area contributed by atoms with Crippen LogP contribution in [0.4, 0.5) is 4.39 Å². The number of hydrogen-bond acceptors (Lipinski definition) is 4.